The Kier molecular flexibility index (Phi) is 4.25. The van der Waals surface area contributed by atoms with Crippen molar-refractivity contribution < 1.29 is 22.8 Å². The third-order valence-electron chi connectivity index (χ3n) is 4.61. The molecule has 1 spiro atoms. The first-order valence-corrected chi connectivity index (χ1v) is 7.79. The van der Waals surface area contributed by atoms with E-state index in [0.717, 1.165) is 5.56 Å². The van der Waals surface area contributed by atoms with Crippen molar-refractivity contribution in [1.29, 1.82) is 0 Å². The summed E-state index contributed by atoms with van der Waals surface area (Å²) in [4.78, 5) is 26.1. The molecule has 5 nitrogen and oxygen atoms in total. The molecule has 8 heteroatoms. The van der Waals surface area contributed by atoms with Gasteiger partial charge in [0.15, 0.2) is 0 Å². The minimum absolute atomic E-state index is 0.202. The van der Waals surface area contributed by atoms with Crippen LogP contribution >= 0.6 is 0 Å². The Labute approximate surface area is 137 Å². The van der Waals surface area contributed by atoms with Crippen LogP contribution in [0.5, 0.6) is 0 Å². The molecular formula is C16H18F3N3O2. The molecule has 2 amide bonds. The molecule has 0 aliphatic carbocycles. The highest BCUT2D eigenvalue weighted by Gasteiger charge is 2.51. The zero-order chi connectivity index (χ0) is 17.4. The number of amides is 2. The van der Waals surface area contributed by atoms with Crippen LogP contribution in [-0.2, 0) is 15.0 Å². The summed E-state index contributed by atoms with van der Waals surface area (Å²) in [6.07, 6.45) is -3.24. The predicted molar refractivity (Wildman–Crippen MR) is 81.6 cm³/mol. The van der Waals surface area contributed by atoms with Crippen molar-refractivity contribution in [2.75, 3.05) is 31.1 Å². The number of anilines is 1. The number of fused-ring (bicyclic) bond motifs is 2. The normalized spacial score (nSPS) is 19.5. The monoisotopic (exact) mass is 341 g/mol. The zero-order valence-electron chi connectivity index (χ0n) is 12.9. The van der Waals surface area contributed by atoms with Crippen LogP contribution < -0.4 is 15.5 Å². The van der Waals surface area contributed by atoms with Gasteiger partial charge in [-0.1, -0.05) is 18.2 Å². The van der Waals surface area contributed by atoms with E-state index in [0.29, 0.717) is 31.6 Å². The van der Waals surface area contributed by atoms with E-state index in [1.807, 2.05) is 17.4 Å². The lowest BCUT2D eigenvalue weighted by atomic mass is 9.74. The molecule has 0 saturated carbocycles. The summed E-state index contributed by atoms with van der Waals surface area (Å²) in [6.45, 7) is -0.423. The highest BCUT2D eigenvalue weighted by molar-refractivity contribution is 6.10. The highest BCUT2D eigenvalue weighted by atomic mass is 19.4. The summed E-state index contributed by atoms with van der Waals surface area (Å²) in [7, 11) is 0. The quantitative estimate of drug-likeness (QED) is 0.872. The zero-order valence-corrected chi connectivity index (χ0v) is 12.9. The first kappa shape index (κ1) is 16.8. The van der Waals surface area contributed by atoms with Gasteiger partial charge in [-0.25, -0.2) is 0 Å². The Bertz CT molecular complexity index is 654. The van der Waals surface area contributed by atoms with Crippen LogP contribution in [0.1, 0.15) is 18.4 Å². The topological polar surface area (TPSA) is 61.4 Å². The summed E-state index contributed by atoms with van der Waals surface area (Å²) >= 11 is 0. The maximum absolute atomic E-state index is 13.0. The van der Waals surface area contributed by atoms with Crippen LogP contribution in [0.2, 0.25) is 0 Å². The number of alkyl halides is 3. The Morgan fingerprint density at radius 1 is 1.25 bits per heavy atom. The molecule has 130 valence electrons. The minimum Gasteiger partial charge on any atom is -0.345 e. The maximum atomic E-state index is 13.0. The molecule has 1 aromatic rings. The first-order valence-electron chi connectivity index (χ1n) is 7.79. The second kappa shape index (κ2) is 6.08. The number of benzene rings is 1. The van der Waals surface area contributed by atoms with Crippen LogP contribution in [0.4, 0.5) is 18.9 Å². The molecule has 0 radical (unpaired) electrons. The highest BCUT2D eigenvalue weighted by Crippen LogP contribution is 2.46. The third kappa shape index (κ3) is 2.98. The lowest BCUT2D eigenvalue weighted by molar-refractivity contribution is -0.138. The number of rotatable bonds is 3. The first-order chi connectivity index (χ1) is 11.3. The summed E-state index contributed by atoms with van der Waals surface area (Å²) in [5.41, 5.74) is 0.804. The Balaban J connectivity index is 1.82. The van der Waals surface area contributed by atoms with E-state index in [-0.39, 0.29) is 5.91 Å². The van der Waals surface area contributed by atoms with Gasteiger partial charge < -0.3 is 15.5 Å². The second-order valence-electron chi connectivity index (χ2n) is 6.13. The fourth-order valence-corrected chi connectivity index (χ4v) is 3.49. The van der Waals surface area contributed by atoms with E-state index in [2.05, 4.69) is 5.32 Å². The molecule has 0 aromatic heterocycles. The van der Waals surface area contributed by atoms with E-state index in [9.17, 15) is 22.8 Å². The van der Waals surface area contributed by atoms with Crippen molar-refractivity contribution >= 4 is 17.5 Å². The minimum atomic E-state index is -4.47. The molecule has 3 rings (SSSR count). The maximum Gasteiger partial charge on any atom is 0.405 e. The largest absolute Gasteiger partial charge is 0.405 e. The smallest absolute Gasteiger partial charge is 0.345 e. The van der Waals surface area contributed by atoms with Gasteiger partial charge in [-0.15, -0.1) is 0 Å². The average molecular weight is 341 g/mol. The van der Waals surface area contributed by atoms with Gasteiger partial charge in [-0.2, -0.15) is 13.2 Å². The van der Waals surface area contributed by atoms with Crippen LogP contribution in [0.25, 0.3) is 0 Å². The van der Waals surface area contributed by atoms with Crippen LogP contribution in [-0.4, -0.2) is 44.2 Å². The van der Waals surface area contributed by atoms with Gasteiger partial charge in [0.1, 0.15) is 13.1 Å². The predicted octanol–water partition coefficient (Wildman–Crippen LogP) is 1.33. The fourth-order valence-electron chi connectivity index (χ4n) is 3.49. The molecule has 0 unspecified atom stereocenters. The fraction of sp³-hybridized carbons (Fsp3) is 0.500. The van der Waals surface area contributed by atoms with Gasteiger partial charge in [-0.05, 0) is 37.6 Å². The molecule has 1 aromatic carbocycles. The summed E-state index contributed by atoms with van der Waals surface area (Å²) in [6, 6.07) is 7.20. The van der Waals surface area contributed by atoms with Crippen molar-refractivity contribution in [3.8, 4) is 0 Å². The third-order valence-corrected chi connectivity index (χ3v) is 4.61. The van der Waals surface area contributed by atoms with Gasteiger partial charge in [0.2, 0.25) is 11.8 Å². The molecular weight excluding hydrogens is 323 g/mol. The molecule has 0 atom stereocenters. The number of piperidine rings is 1. The number of hydrogen-bond acceptors (Lipinski definition) is 3. The van der Waals surface area contributed by atoms with Crippen molar-refractivity contribution in [2.24, 2.45) is 0 Å². The summed E-state index contributed by atoms with van der Waals surface area (Å²) < 4.78 is 36.7. The number of halogens is 3. The van der Waals surface area contributed by atoms with E-state index in [1.165, 1.54) is 4.90 Å². The molecule has 2 heterocycles. The Morgan fingerprint density at radius 2 is 1.92 bits per heavy atom. The molecule has 2 aliphatic heterocycles. The molecule has 2 N–H and O–H groups in total. The number of nitrogens with one attached hydrogen (secondary N) is 2. The molecule has 0 bridgehead atoms. The van der Waals surface area contributed by atoms with Gasteiger partial charge >= 0.3 is 6.18 Å². The number of carbonyl (C=O) groups excluding carboxylic acids is 2. The lowest BCUT2D eigenvalue weighted by Crippen LogP contribution is -2.49. The van der Waals surface area contributed by atoms with Gasteiger partial charge in [0.05, 0.1) is 5.41 Å². The summed E-state index contributed by atoms with van der Waals surface area (Å²) in [5, 5.41) is 5.03. The van der Waals surface area contributed by atoms with E-state index in [4.69, 9.17) is 0 Å². The molecule has 1 fully saturated rings. The Hall–Kier alpha value is -2.09. The standard InChI is InChI=1S/C16H18F3N3O2/c17-16(18,19)10-21-13(23)9-22-12-4-2-1-3-11(12)15(14(22)24)5-7-20-8-6-15/h1-4,20H,5-10H2,(H,21,23). The van der Waals surface area contributed by atoms with Gasteiger partial charge in [-0.3, -0.25) is 9.59 Å². The average Bonchev–Trinajstić information content (AvgIpc) is 2.77. The van der Waals surface area contributed by atoms with Crippen molar-refractivity contribution in [3.05, 3.63) is 29.8 Å². The van der Waals surface area contributed by atoms with Crippen LogP contribution in [0.15, 0.2) is 24.3 Å². The van der Waals surface area contributed by atoms with E-state index in [1.54, 1.807) is 12.1 Å². The number of hydrogen-bond donors (Lipinski definition) is 2. The lowest BCUT2D eigenvalue weighted by Gasteiger charge is -2.33. The van der Waals surface area contributed by atoms with Crippen LogP contribution in [0.3, 0.4) is 0 Å². The van der Waals surface area contributed by atoms with E-state index >= 15 is 0 Å². The molecule has 1 saturated heterocycles. The molecule has 2 aliphatic rings. The van der Waals surface area contributed by atoms with Crippen LogP contribution in [0, 0.1) is 0 Å². The summed E-state index contributed by atoms with van der Waals surface area (Å²) in [5.74, 6) is -1.02. The van der Waals surface area contributed by atoms with Crippen molar-refractivity contribution in [2.45, 2.75) is 24.4 Å². The van der Waals surface area contributed by atoms with Gasteiger partial charge in [0.25, 0.3) is 0 Å². The van der Waals surface area contributed by atoms with Gasteiger partial charge in [0, 0.05) is 5.69 Å². The van der Waals surface area contributed by atoms with Crippen molar-refractivity contribution in [3.63, 3.8) is 0 Å². The molecule has 24 heavy (non-hydrogen) atoms. The number of carbonyl (C=O) groups is 2. The SMILES string of the molecule is O=C(CN1C(=O)C2(CCNCC2)c2ccccc21)NCC(F)(F)F. The number of nitrogens with zero attached hydrogens (tertiary/aromatic N) is 1. The Morgan fingerprint density at radius 3 is 2.58 bits per heavy atom. The van der Waals surface area contributed by atoms with Crippen molar-refractivity contribution in [1.82, 2.24) is 10.6 Å². The van der Waals surface area contributed by atoms with E-state index < -0.39 is 30.6 Å². The second-order valence-corrected chi connectivity index (χ2v) is 6.13. The number of para-hydroxylation sites is 1.